The molecule has 0 saturated carbocycles. The first-order valence-corrected chi connectivity index (χ1v) is 23.7. The van der Waals surface area contributed by atoms with Crippen molar-refractivity contribution < 1.29 is 52.5 Å². The van der Waals surface area contributed by atoms with Crippen LogP contribution in [0.3, 0.4) is 0 Å². The first kappa shape index (κ1) is 30.5. The summed E-state index contributed by atoms with van der Waals surface area (Å²) in [5, 5.41) is 0. The van der Waals surface area contributed by atoms with Crippen LogP contribution in [-0.4, -0.2) is 0 Å². The quantitative estimate of drug-likeness (QED) is 0.128. The van der Waals surface area contributed by atoms with Gasteiger partial charge in [0.25, 0.3) is 0 Å². The summed E-state index contributed by atoms with van der Waals surface area (Å²) >= 11 is 0. The van der Waals surface area contributed by atoms with Gasteiger partial charge in [-0.05, 0) is 161 Å². The number of hydrogen-bond donors (Lipinski definition) is 0. The fourth-order valence-electron chi connectivity index (χ4n) is 8.34. The molecule has 0 N–H and O–H groups in total. The molecule has 0 saturated heterocycles. The minimum absolute atomic E-state index is 0.258. The summed E-state index contributed by atoms with van der Waals surface area (Å²) < 4.78 is 199. The summed E-state index contributed by atoms with van der Waals surface area (Å²) in [4.78, 5) is 0. The molecule has 0 fully saturated rings. The van der Waals surface area contributed by atoms with E-state index >= 15 is 0 Å². The maximum absolute atomic E-state index is 8.25. The summed E-state index contributed by atoms with van der Waals surface area (Å²) in [7, 11) is 7.27. The maximum Gasteiger partial charge on any atom is 0.212 e. The smallest absolute Gasteiger partial charge is 0.201 e. The average molecular weight is 987 g/mol. The van der Waals surface area contributed by atoms with E-state index < -0.39 is 71.5 Å². The highest BCUT2D eigenvalue weighted by molar-refractivity contribution is 5.64. The highest BCUT2D eigenvalue weighted by Crippen LogP contribution is 2.28. The Labute approximate surface area is 471 Å². The van der Waals surface area contributed by atoms with E-state index in [0.29, 0.717) is 38.9 Å². The predicted molar refractivity (Wildman–Crippen MR) is 306 cm³/mol. The predicted octanol–water partition coefficient (Wildman–Crippen LogP) is 15.4. The molecule has 376 valence electrons. The van der Waals surface area contributed by atoms with Crippen molar-refractivity contribution in [1.82, 2.24) is 0 Å². The van der Waals surface area contributed by atoms with E-state index in [-0.39, 0.29) is 5.56 Å². The molecule has 0 aliphatic heterocycles. The van der Waals surface area contributed by atoms with E-state index in [1.807, 2.05) is 75.2 Å². The van der Waals surface area contributed by atoms with Crippen LogP contribution in [0.5, 0.6) is 0 Å². The first-order valence-electron chi connectivity index (χ1n) is 36.2. The van der Waals surface area contributed by atoms with E-state index in [9.17, 15) is 0 Å². The van der Waals surface area contributed by atoms with Gasteiger partial charge >= 0.3 is 0 Å². The van der Waals surface area contributed by atoms with E-state index in [2.05, 4.69) is 0 Å². The van der Waals surface area contributed by atoms with Gasteiger partial charge in [-0.2, -0.15) is 0 Å². The molecule has 4 aromatic heterocycles. The highest BCUT2D eigenvalue weighted by Gasteiger charge is 2.17. The zero-order valence-corrected chi connectivity index (χ0v) is 44.1. The van der Waals surface area contributed by atoms with Gasteiger partial charge in [-0.1, -0.05) is 115 Å². The molecule has 0 aliphatic rings. The van der Waals surface area contributed by atoms with Crippen molar-refractivity contribution >= 4 is 0 Å². The molecule has 0 radical (unpaired) electrons. The molecule has 4 heteroatoms. The van der Waals surface area contributed by atoms with Crippen molar-refractivity contribution in [2.75, 3.05) is 0 Å². The second kappa shape index (κ2) is 25.7. The van der Waals surface area contributed by atoms with Crippen LogP contribution in [0.2, 0.25) is 0 Å². The van der Waals surface area contributed by atoms with Crippen molar-refractivity contribution in [3.63, 3.8) is 0 Å². The fraction of sp³-hybridized carbons (Fsp3) is 0.353. The third-order valence-electron chi connectivity index (χ3n) is 12.4. The lowest BCUT2D eigenvalue weighted by molar-refractivity contribution is -0.661. The first-order chi connectivity index (χ1) is 43.7. The highest BCUT2D eigenvalue weighted by atomic mass is 14.9. The van der Waals surface area contributed by atoms with Crippen LogP contribution in [0.15, 0.2) is 146 Å². The Morgan fingerprint density at radius 3 is 1.04 bits per heavy atom. The average Bonchev–Trinajstić information content (AvgIpc) is 0.781. The van der Waals surface area contributed by atoms with Gasteiger partial charge in [0.15, 0.2) is 24.8 Å². The van der Waals surface area contributed by atoms with E-state index in [0.717, 1.165) is 67.3 Å². The summed E-state index contributed by atoms with van der Waals surface area (Å²) in [6, 6.07) is 34.5. The molecule has 3 atom stereocenters. The van der Waals surface area contributed by atoms with E-state index in [1.165, 1.54) is 34.6 Å². The van der Waals surface area contributed by atoms with Gasteiger partial charge in [-0.15, -0.1) is 0 Å². The Morgan fingerprint density at radius 2 is 0.708 bits per heavy atom. The van der Waals surface area contributed by atoms with E-state index in [1.54, 1.807) is 145 Å². The second-order valence-electron chi connectivity index (χ2n) is 18.1. The Kier molecular flexibility index (Phi) is 10.9. The van der Waals surface area contributed by atoms with Crippen LogP contribution in [-0.2, 0) is 40.9 Å². The zero-order chi connectivity index (χ0) is 74.3. The van der Waals surface area contributed by atoms with Crippen molar-refractivity contribution in [2.24, 2.45) is 28.2 Å². The molecule has 3 unspecified atom stereocenters. The molecular weight excluding hydrogens is 873 g/mol. The van der Waals surface area contributed by atoms with E-state index in [4.69, 9.17) is 34.3 Å². The lowest BCUT2D eigenvalue weighted by Gasteiger charge is -2.11. The van der Waals surface area contributed by atoms with Gasteiger partial charge in [-0.25, -0.2) is 18.3 Å². The van der Waals surface area contributed by atoms with Crippen molar-refractivity contribution in [3.8, 4) is 45.0 Å². The molecule has 0 spiro atoms. The molecule has 4 aromatic carbocycles. The topological polar surface area (TPSA) is 15.5 Å². The molecule has 8 aromatic rings. The number of pyridine rings is 4. The van der Waals surface area contributed by atoms with Gasteiger partial charge < -0.3 is 0 Å². The molecule has 0 amide bonds. The third kappa shape index (κ3) is 14.8. The third-order valence-corrected chi connectivity index (χ3v) is 12.4. The molecule has 72 heavy (non-hydrogen) atoms. The lowest BCUT2D eigenvalue weighted by atomic mass is 9.95. The normalized spacial score (nSPS) is 19.9. The van der Waals surface area contributed by atoms with Crippen molar-refractivity contribution in [1.29, 1.82) is 0 Å². The van der Waals surface area contributed by atoms with Crippen molar-refractivity contribution in [3.05, 3.63) is 213 Å². The van der Waals surface area contributed by atoms with Gasteiger partial charge in [-0.3, -0.25) is 0 Å². The molecule has 0 aliphatic carbocycles. The molecule has 4 heterocycles. The molecule has 8 rings (SSSR count). The summed E-state index contributed by atoms with van der Waals surface area (Å²) in [5.41, 5.74) is 13.8. The Balaban J connectivity index is 0.000000235. The van der Waals surface area contributed by atoms with Crippen molar-refractivity contribution in [2.45, 2.75) is 134 Å². The van der Waals surface area contributed by atoms with Crippen LogP contribution in [0.4, 0.5) is 0 Å². The largest absolute Gasteiger partial charge is 0.212 e. The monoisotopic (exact) mass is 986 g/mol. The fourth-order valence-corrected chi connectivity index (χ4v) is 8.34. The van der Waals surface area contributed by atoms with Gasteiger partial charge in [0.2, 0.25) is 22.8 Å². The Bertz CT molecular complexity index is 3800. The Hall–Kier alpha value is -6.52. The molecule has 4 nitrogen and oxygen atoms in total. The minimum Gasteiger partial charge on any atom is -0.201 e. The summed E-state index contributed by atoms with van der Waals surface area (Å²) in [6.45, 7) is 0.979. The summed E-state index contributed by atoms with van der Waals surface area (Å²) in [5.74, 6) is -5.13. The zero-order valence-electron chi connectivity index (χ0n) is 69.1. The number of benzene rings is 4. The molecule has 0 bridgehead atoms. The number of aryl methyl sites for hydroxylation is 13. The number of rotatable bonds is 9. The standard InChI is InChI=1S/C19H26N.C17H22N.2C16H20N/c1-13(2)16-7-9-18(15(5)11-16)19-10-8-17(14(3)4)12-20(19)6;1-12(2)15-7-8-16(14(4)10-15)17-9-6-13(3)11-18(17)5;2*1-5-14-7-9-16(17(4)11-14)15-8-6-12(2)10-13(15)3/h7-14H,1-6H3;6-12H,1-5H3;2*6-11H,5H2,1-4H3/q4*+1/i1D3,3D3,13D,14D;1D3,3D3,12D;2*2D3,5D2. The lowest BCUT2D eigenvalue weighted by Crippen LogP contribution is -2.31. The molecular formula is C68H88N4+4. The van der Waals surface area contributed by atoms with Gasteiger partial charge in [0, 0.05) is 103 Å². The Morgan fingerprint density at radius 1 is 0.389 bits per heavy atom. The minimum atomic E-state index is -2.45. The van der Waals surface area contributed by atoms with Crippen LogP contribution in [0.1, 0.15) is 174 Å². The van der Waals surface area contributed by atoms with Crippen LogP contribution in [0, 0.1) is 48.3 Å². The second-order valence-corrected chi connectivity index (χ2v) is 18.1. The number of aromatic nitrogens is 4. The van der Waals surface area contributed by atoms with Crippen LogP contribution >= 0.6 is 0 Å². The SMILES string of the molecule is [2H]C([2H])([2H])C([2H])(C)c1ccc(-c2ccc(C([2H])(C)C([2H])([2H])[2H])c[n+]2C)c(C)c1.[2H]C([2H])([2H])c1ccc(-c2ccc(C([2H])(C)C([2H])([2H])[2H])cc2C)[n+](C)c1.[2H]C([2H])([2H])c1ccc(-c2ccc(C([2H])([2H])C)c[n+]2C)c(C)c1.[2H]C([2H])([2H])c1ccc(-c2ccc(C([2H])([2H])C)c[n+]2C)c(C)c1. The van der Waals surface area contributed by atoms with Gasteiger partial charge in [0.1, 0.15) is 28.2 Å². The van der Waals surface area contributed by atoms with Crippen LogP contribution in [0.25, 0.3) is 45.0 Å². The summed E-state index contributed by atoms with van der Waals surface area (Å²) in [6.07, 6.45) is 3.97. The van der Waals surface area contributed by atoms with Gasteiger partial charge in [0.05, 0.1) is 0 Å². The number of hydrogen-bond acceptors (Lipinski definition) is 0. The van der Waals surface area contributed by atoms with Crippen LogP contribution < -0.4 is 18.3 Å². The number of nitrogens with zero attached hydrogens (tertiary/aromatic N) is 4. The maximum atomic E-state index is 8.25.